The van der Waals surface area contributed by atoms with Crippen LogP contribution in [0.4, 0.5) is 0 Å². The molecule has 6 heteroatoms. The topological polar surface area (TPSA) is 47.8 Å². The van der Waals surface area contributed by atoms with Gasteiger partial charge in [0.1, 0.15) is 5.15 Å². The number of fused-ring (bicyclic) bond motifs is 1. The number of pyridine rings is 1. The summed E-state index contributed by atoms with van der Waals surface area (Å²) in [6.45, 7) is 2.11. The fourth-order valence-corrected chi connectivity index (χ4v) is 4.02. The maximum absolute atomic E-state index is 13.2. The number of hydrogen-bond acceptors (Lipinski definition) is 4. The summed E-state index contributed by atoms with van der Waals surface area (Å²) in [4.78, 5) is 22.1. The molecule has 0 radical (unpaired) electrons. The van der Waals surface area contributed by atoms with E-state index in [2.05, 4.69) is 24.0 Å². The van der Waals surface area contributed by atoms with Crippen molar-refractivity contribution in [3.8, 4) is 5.69 Å². The van der Waals surface area contributed by atoms with Crippen molar-refractivity contribution in [1.82, 2.24) is 14.5 Å². The van der Waals surface area contributed by atoms with Crippen molar-refractivity contribution in [3.05, 3.63) is 93.5 Å². The molecule has 4 rings (SSSR count). The molecule has 0 fully saturated rings. The summed E-state index contributed by atoms with van der Waals surface area (Å²) >= 11 is 7.38. The lowest BCUT2D eigenvalue weighted by atomic mass is 10.1. The Morgan fingerprint density at radius 2 is 1.75 bits per heavy atom. The first-order valence-electron chi connectivity index (χ1n) is 9.00. The molecule has 28 heavy (non-hydrogen) atoms. The minimum Gasteiger partial charge on any atom is -0.268 e. The number of thioether (sulfide) groups is 1. The monoisotopic (exact) mass is 407 g/mol. The van der Waals surface area contributed by atoms with Gasteiger partial charge in [-0.1, -0.05) is 60.6 Å². The molecule has 2 aromatic carbocycles. The quantitative estimate of drug-likeness (QED) is 0.256. The highest BCUT2D eigenvalue weighted by molar-refractivity contribution is 7.98. The molecule has 2 heterocycles. The van der Waals surface area contributed by atoms with E-state index in [1.807, 2.05) is 42.5 Å². The second kappa shape index (κ2) is 8.17. The van der Waals surface area contributed by atoms with E-state index in [9.17, 15) is 4.79 Å². The van der Waals surface area contributed by atoms with Gasteiger partial charge in [0, 0.05) is 11.9 Å². The van der Waals surface area contributed by atoms with Crippen molar-refractivity contribution in [2.24, 2.45) is 0 Å². The van der Waals surface area contributed by atoms with Crippen LogP contribution in [0.1, 0.15) is 18.1 Å². The summed E-state index contributed by atoms with van der Waals surface area (Å²) in [6, 6.07) is 19.2. The lowest BCUT2D eigenvalue weighted by Gasteiger charge is -2.13. The van der Waals surface area contributed by atoms with Crippen LogP contribution in [0.15, 0.2) is 76.8 Å². The van der Waals surface area contributed by atoms with Crippen molar-refractivity contribution >= 4 is 34.3 Å². The summed E-state index contributed by atoms with van der Waals surface area (Å²) < 4.78 is 1.69. The molecule has 0 unspecified atom stereocenters. The van der Waals surface area contributed by atoms with Gasteiger partial charge >= 0.3 is 0 Å². The van der Waals surface area contributed by atoms with E-state index in [1.54, 1.807) is 16.8 Å². The molecule has 0 spiro atoms. The van der Waals surface area contributed by atoms with E-state index in [4.69, 9.17) is 16.6 Å². The summed E-state index contributed by atoms with van der Waals surface area (Å²) in [6.07, 6.45) is 2.70. The molecule has 0 aliphatic rings. The normalized spacial score (nSPS) is 11.1. The lowest BCUT2D eigenvalue weighted by Crippen LogP contribution is -2.21. The molecule has 4 nitrogen and oxygen atoms in total. The first-order chi connectivity index (χ1) is 13.7. The average Bonchev–Trinajstić information content (AvgIpc) is 2.74. The highest BCUT2D eigenvalue weighted by Crippen LogP contribution is 2.25. The Labute approximate surface area is 172 Å². The maximum Gasteiger partial charge on any atom is 0.266 e. The SMILES string of the molecule is CCc1ccc(-n2c(SCc3ccc(Cl)nc3)nc3ccccc3c2=O)cc1. The van der Waals surface area contributed by atoms with Crippen molar-refractivity contribution < 1.29 is 0 Å². The van der Waals surface area contributed by atoms with Gasteiger partial charge in [0.05, 0.1) is 16.6 Å². The summed E-state index contributed by atoms with van der Waals surface area (Å²) in [5.41, 5.74) is 3.70. The van der Waals surface area contributed by atoms with Crippen LogP contribution in [0.2, 0.25) is 5.15 Å². The van der Waals surface area contributed by atoms with Gasteiger partial charge in [-0.3, -0.25) is 9.36 Å². The van der Waals surface area contributed by atoms with E-state index in [0.717, 1.165) is 17.7 Å². The molecule has 0 atom stereocenters. The Bertz CT molecular complexity index is 1170. The molecule has 0 aliphatic carbocycles. The van der Waals surface area contributed by atoms with Gasteiger partial charge in [0.25, 0.3) is 5.56 Å². The number of rotatable bonds is 5. The molecule has 0 saturated carbocycles. The van der Waals surface area contributed by atoms with Gasteiger partial charge in [0.2, 0.25) is 0 Å². The van der Waals surface area contributed by atoms with Crippen LogP contribution in [-0.2, 0) is 12.2 Å². The zero-order chi connectivity index (χ0) is 19.5. The number of nitrogens with zero attached hydrogens (tertiary/aromatic N) is 3. The molecule has 140 valence electrons. The first kappa shape index (κ1) is 18.7. The second-order valence-corrected chi connectivity index (χ2v) is 7.68. The Morgan fingerprint density at radius 1 is 1.00 bits per heavy atom. The maximum atomic E-state index is 13.2. The Morgan fingerprint density at radius 3 is 2.46 bits per heavy atom. The molecule has 4 aromatic rings. The number of halogens is 1. The molecule has 0 bridgehead atoms. The standard InChI is InChI=1S/C22H18ClN3OS/c1-2-15-7-10-17(11-8-15)26-21(27)18-5-3-4-6-19(18)25-22(26)28-14-16-9-12-20(23)24-13-16/h3-13H,2,14H2,1H3. The van der Waals surface area contributed by atoms with Crippen LogP contribution in [0.5, 0.6) is 0 Å². The Balaban J connectivity index is 1.80. The van der Waals surface area contributed by atoms with Crippen LogP contribution >= 0.6 is 23.4 Å². The van der Waals surface area contributed by atoms with Crippen molar-refractivity contribution in [2.75, 3.05) is 0 Å². The van der Waals surface area contributed by atoms with Crippen LogP contribution in [-0.4, -0.2) is 14.5 Å². The number of aromatic nitrogens is 3. The van der Waals surface area contributed by atoms with E-state index < -0.39 is 0 Å². The van der Waals surface area contributed by atoms with E-state index in [0.29, 0.717) is 27.0 Å². The molecule has 0 aliphatic heterocycles. The molecular weight excluding hydrogens is 390 g/mol. The zero-order valence-corrected chi connectivity index (χ0v) is 16.9. The summed E-state index contributed by atoms with van der Waals surface area (Å²) in [5.74, 6) is 0.641. The first-order valence-corrected chi connectivity index (χ1v) is 10.4. The van der Waals surface area contributed by atoms with Crippen LogP contribution in [0.3, 0.4) is 0 Å². The van der Waals surface area contributed by atoms with Gasteiger partial charge in [-0.05, 0) is 47.9 Å². The van der Waals surface area contributed by atoms with Crippen LogP contribution < -0.4 is 5.56 Å². The number of benzene rings is 2. The largest absolute Gasteiger partial charge is 0.268 e. The average molecular weight is 408 g/mol. The van der Waals surface area contributed by atoms with Gasteiger partial charge in [-0.2, -0.15) is 0 Å². The number of aryl methyl sites for hydroxylation is 1. The highest BCUT2D eigenvalue weighted by Gasteiger charge is 2.13. The molecular formula is C22H18ClN3OS. The highest BCUT2D eigenvalue weighted by atomic mass is 35.5. The van der Waals surface area contributed by atoms with Gasteiger partial charge in [-0.15, -0.1) is 0 Å². The number of hydrogen-bond donors (Lipinski definition) is 0. The van der Waals surface area contributed by atoms with Gasteiger partial charge in [-0.25, -0.2) is 9.97 Å². The Kier molecular flexibility index (Phi) is 5.46. The van der Waals surface area contributed by atoms with E-state index >= 15 is 0 Å². The van der Waals surface area contributed by atoms with Crippen molar-refractivity contribution in [3.63, 3.8) is 0 Å². The van der Waals surface area contributed by atoms with Gasteiger partial charge in [0.15, 0.2) is 5.16 Å². The van der Waals surface area contributed by atoms with Crippen LogP contribution in [0.25, 0.3) is 16.6 Å². The summed E-state index contributed by atoms with van der Waals surface area (Å²) in [7, 11) is 0. The Hall–Kier alpha value is -2.63. The van der Waals surface area contributed by atoms with Crippen molar-refractivity contribution in [1.29, 1.82) is 0 Å². The molecule has 0 N–H and O–H groups in total. The molecule has 0 saturated heterocycles. The minimum absolute atomic E-state index is 0.0634. The van der Waals surface area contributed by atoms with E-state index in [1.165, 1.54) is 17.3 Å². The lowest BCUT2D eigenvalue weighted by molar-refractivity contribution is 0.819. The predicted octanol–water partition coefficient (Wildman–Crippen LogP) is 5.29. The third kappa shape index (κ3) is 3.81. The predicted molar refractivity (Wildman–Crippen MR) is 116 cm³/mol. The van der Waals surface area contributed by atoms with Gasteiger partial charge < -0.3 is 0 Å². The minimum atomic E-state index is -0.0634. The zero-order valence-electron chi connectivity index (χ0n) is 15.3. The molecule has 0 amide bonds. The van der Waals surface area contributed by atoms with Crippen molar-refractivity contribution in [2.45, 2.75) is 24.3 Å². The summed E-state index contributed by atoms with van der Waals surface area (Å²) in [5, 5.41) is 1.73. The fourth-order valence-electron chi connectivity index (χ4n) is 2.96. The third-order valence-electron chi connectivity index (χ3n) is 4.50. The fraction of sp³-hybridized carbons (Fsp3) is 0.136. The third-order valence-corrected chi connectivity index (χ3v) is 5.74. The number of para-hydroxylation sites is 1. The molecule has 2 aromatic heterocycles. The second-order valence-electron chi connectivity index (χ2n) is 6.35. The van der Waals surface area contributed by atoms with Crippen LogP contribution in [0, 0.1) is 0 Å². The van der Waals surface area contributed by atoms with E-state index in [-0.39, 0.29) is 5.56 Å². The smallest absolute Gasteiger partial charge is 0.266 e.